The highest BCUT2D eigenvalue weighted by atomic mass is 32.1. The summed E-state index contributed by atoms with van der Waals surface area (Å²) in [5.41, 5.74) is 17.8. The number of aryl methyl sites for hydroxylation is 2. The average Bonchev–Trinajstić information content (AvgIpc) is 4.04. The molecular formula is C56H41BN2OS2. The Kier molecular flexibility index (Phi) is 7.18. The number of anilines is 2. The van der Waals surface area contributed by atoms with Crippen molar-refractivity contribution in [2.24, 2.45) is 0 Å². The van der Waals surface area contributed by atoms with Crippen molar-refractivity contribution in [3.8, 4) is 16.8 Å². The SMILES string of the molecule is CC(C)(C)c1ccc(Nc2cc3c(cc2-c2c4c5c(c6cc7c(cc6n5-c5cc6oc8ccccc8c6cc5B4)CCCC7)c4sc5ccccc5c24)sc2ccccc23)cc1. The Morgan fingerprint density at radius 1 is 0.613 bits per heavy atom. The molecule has 6 heteroatoms. The molecule has 0 spiro atoms. The van der Waals surface area contributed by atoms with E-state index in [1.165, 1.54) is 130 Å². The highest BCUT2D eigenvalue weighted by molar-refractivity contribution is 7.27. The lowest BCUT2D eigenvalue weighted by atomic mass is 9.58. The van der Waals surface area contributed by atoms with Gasteiger partial charge < -0.3 is 14.3 Å². The molecule has 1 aliphatic heterocycles. The van der Waals surface area contributed by atoms with Crippen LogP contribution in [-0.2, 0) is 18.3 Å². The number of rotatable bonds is 3. The smallest absolute Gasteiger partial charge is 0.198 e. The van der Waals surface area contributed by atoms with Crippen LogP contribution in [0.1, 0.15) is 50.3 Å². The van der Waals surface area contributed by atoms with Crippen LogP contribution in [0.5, 0.6) is 0 Å². The predicted molar refractivity (Wildman–Crippen MR) is 271 cm³/mol. The summed E-state index contributed by atoms with van der Waals surface area (Å²) in [6.07, 6.45) is 4.79. The second kappa shape index (κ2) is 12.6. The molecule has 0 radical (unpaired) electrons. The quantitative estimate of drug-likeness (QED) is 0.180. The molecule has 0 bridgehead atoms. The molecule has 0 unspecified atom stereocenters. The van der Waals surface area contributed by atoms with Gasteiger partial charge in [-0.15, -0.1) is 22.7 Å². The van der Waals surface area contributed by atoms with Gasteiger partial charge >= 0.3 is 0 Å². The van der Waals surface area contributed by atoms with Gasteiger partial charge in [-0.2, -0.15) is 0 Å². The van der Waals surface area contributed by atoms with Crippen molar-refractivity contribution in [2.75, 3.05) is 5.32 Å². The standard InChI is InChI=1S/C56H41BN2OS2/c1-56(2,3)32-20-22-33(23-21-32)58-42-27-38-35-15-7-10-18-47(35)61-49(38)28-39(42)50-51-36-16-8-11-19-48(36)62-55(51)52-40-24-30-12-4-5-13-31(30)25-43(40)59-44-29-46-37(26-41(44)57-53(50)54(52)59)34-14-6-9-17-45(34)60-46/h6-11,14-29,57-58H,4-5,12-13H2,1-3H3. The van der Waals surface area contributed by atoms with Crippen LogP contribution in [0, 0.1) is 0 Å². The minimum atomic E-state index is 0.0736. The molecule has 3 nitrogen and oxygen atoms in total. The Balaban J connectivity index is 1.15. The van der Waals surface area contributed by atoms with E-state index in [9.17, 15) is 0 Å². The average molecular weight is 833 g/mol. The fourth-order valence-electron chi connectivity index (χ4n) is 11.1. The van der Waals surface area contributed by atoms with Crippen LogP contribution in [0.3, 0.4) is 0 Å². The van der Waals surface area contributed by atoms with Gasteiger partial charge in [0, 0.05) is 90.6 Å². The molecule has 5 heterocycles. The van der Waals surface area contributed by atoms with E-state index in [1.54, 1.807) is 0 Å². The van der Waals surface area contributed by atoms with Gasteiger partial charge in [0.15, 0.2) is 7.28 Å². The molecular weight excluding hydrogens is 792 g/mol. The fraction of sp³-hybridized carbons (Fsp3) is 0.143. The van der Waals surface area contributed by atoms with Crippen molar-refractivity contribution in [1.29, 1.82) is 0 Å². The normalized spacial score (nSPS) is 13.9. The van der Waals surface area contributed by atoms with Gasteiger partial charge in [0.05, 0.1) is 11.0 Å². The first kappa shape index (κ1) is 35.3. The third-order valence-electron chi connectivity index (χ3n) is 14.1. The number of benzene rings is 8. The molecule has 4 aromatic heterocycles. The molecule has 2 aliphatic rings. The lowest BCUT2D eigenvalue weighted by molar-refractivity contribution is 0.590. The largest absolute Gasteiger partial charge is 0.456 e. The molecule has 8 aromatic carbocycles. The summed E-state index contributed by atoms with van der Waals surface area (Å²) in [4.78, 5) is 0. The Bertz CT molecular complexity index is 3910. The van der Waals surface area contributed by atoms with E-state index in [1.807, 2.05) is 22.7 Å². The third-order valence-corrected chi connectivity index (χ3v) is 16.4. The summed E-state index contributed by atoms with van der Waals surface area (Å²) in [7, 11) is 0.816. The van der Waals surface area contributed by atoms with Crippen molar-refractivity contribution in [3.05, 3.63) is 150 Å². The molecule has 296 valence electrons. The number of furan rings is 1. The lowest BCUT2D eigenvalue weighted by Crippen LogP contribution is -2.37. The molecule has 14 rings (SSSR count). The Morgan fingerprint density at radius 3 is 2.15 bits per heavy atom. The summed E-state index contributed by atoms with van der Waals surface area (Å²) in [5, 5.41) is 14.5. The van der Waals surface area contributed by atoms with Crippen molar-refractivity contribution in [3.63, 3.8) is 0 Å². The van der Waals surface area contributed by atoms with Crippen LogP contribution >= 0.6 is 22.7 Å². The van der Waals surface area contributed by atoms with E-state index < -0.39 is 0 Å². The van der Waals surface area contributed by atoms with E-state index in [-0.39, 0.29) is 5.41 Å². The van der Waals surface area contributed by atoms with Crippen LogP contribution in [0.25, 0.3) is 101 Å². The van der Waals surface area contributed by atoms with E-state index in [2.05, 4.69) is 164 Å². The van der Waals surface area contributed by atoms with Crippen molar-refractivity contribution in [1.82, 2.24) is 4.57 Å². The molecule has 12 aromatic rings. The number of fused-ring (bicyclic) bond motifs is 16. The molecule has 62 heavy (non-hydrogen) atoms. The number of aromatic nitrogens is 1. The first-order valence-electron chi connectivity index (χ1n) is 22.1. The number of nitrogens with zero attached hydrogens (tertiary/aromatic N) is 1. The third kappa shape index (κ3) is 4.94. The summed E-state index contributed by atoms with van der Waals surface area (Å²) in [6.45, 7) is 6.86. The highest BCUT2D eigenvalue weighted by Gasteiger charge is 2.33. The topological polar surface area (TPSA) is 30.1 Å². The van der Waals surface area contributed by atoms with Gasteiger partial charge in [0.2, 0.25) is 0 Å². The van der Waals surface area contributed by atoms with Crippen LogP contribution in [0.4, 0.5) is 11.4 Å². The highest BCUT2D eigenvalue weighted by Crippen LogP contribution is 2.51. The second-order valence-corrected chi connectivity index (χ2v) is 20.9. The Labute approximate surface area is 367 Å². The molecule has 1 aliphatic carbocycles. The maximum atomic E-state index is 6.63. The van der Waals surface area contributed by atoms with Gasteiger partial charge in [-0.05, 0) is 113 Å². The van der Waals surface area contributed by atoms with Gasteiger partial charge in [-0.1, -0.05) is 99.0 Å². The Morgan fingerprint density at radius 2 is 1.34 bits per heavy atom. The van der Waals surface area contributed by atoms with Gasteiger partial charge in [-0.3, -0.25) is 0 Å². The zero-order valence-electron chi connectivity index (χ0n) is 34.9. The fourth-order valence-corrected chi connectivity index (χ4v) is 13.5. The van der Waals surface area contributed by atoms with Crippen molar-refractivity contribution >= 4 is 136 Å². The predicted octanol–water partition coefficient (Wildman–Crippen LogP) is 14.7. The van der Waals surface area contributed by atoms with E-state index >= 15 is 0 Å². The number of thiophene rings is 2. The van der Waals surface area contributed by atoms with Crippen LogP contribution in [0.2, 0.25) is 0 Å². The zero-order chi connectivity index (χ0) is 41.0. The number of hydrogen-bond acceptors (Lipinski definition) is 4. The zero-order valence-corrected chi connectivity index (χ0v) is 36.5. The number of hydrogen-bond donors (Lipinski definition) is 1. The van der Waals surface area contributed by atoms with Gasteiger partial charge in [0.25, 0.3) is 0 Å². The lowest BCUT2D eigenvalue weighted by Gasteiger charge is -2.25. The summed E-state index contributed by atoms with van der Waals surface area (Å²) in [5.74, 6) is 0. The van der Waals surface area contributed by atoms with Crippen LogP contribution < -0.4 is 16.2 Å². The van der Waals surface area contributed by atoms with E-state index in [0.29, 0.717) is 0 Å². The Hall–Kier alpha value is -6.34. The number of para-hydroxylation sites is 1. The summed E-state index contributed by atoms with van der Waals surface area (Å²) >= 11 is 3.87. The maximum Gasteiger partial charge on any atom is 0.198 e. The van der Waals surface area contributed by atoms with Crippen molar-refractivity contribution < 1.29 is 4.42 Å². The minimum absolute atomic E-state index is 0.0736. The monoisotopic (exact) mass is 832 g/mol. The first-order valence-corrected chi connectivity index (χ1v) is 23.7. The minimum Gasteiger partial charge on any atom is -0.456 e. The number of nitrogens with one attached hydrogen (secondary N) is 1. The summed E-state index contributed by atoms with van der Waals surface area (Å²) < 4.78 is 14.6. The van der Waals surface area contributed by atoms with Crippen LogP contribution in [-0.4, -0.2) is 11.8 Å². The van der Waals surface area contributed by atoms with E-state index in [4.69, 9.17) is 4.42 Å². The molecule has 0 amide bonds. The first-order chi connectivity index (χ1) is 30.3. The molecule has 0 saturated carbocycles. The summed E-state index contributed by atoms with van der Waals surface area (Å²) in [6, 6.07) is 50.5. The second-order valence-electron chi connectivity index (χ2n) is 18.8. The maximum absolute atomic E-state index is 6.63. The van der Waals surface area contributed by atoms with E-state index in [0.717, 1.165) is 42.7 Å². The van der Waals surface area contributed by atoms with Crippen molar-refractivity contribution in [2.45, 2.75) is 51.9 Å². The van der Waals surface area contributed by atoms with Crippen LogP contribution in [0.15, 0.2) is 138 Å². The molecule has 0 atom stereocenters. The molecule has 1 N–H and O–H groups in total. The van der Waals surface area contributed by atoms with Gasteiger partial charge in [-0.25, -0.2) is 0 Å². The molecule has 0 fully saturated rings. The molecule has 0 saturated heterocycles. The van der Waals surface area contributed by atoms with Gasteiger partial charge in [0.1, 0.15) is 11.2 Å².